The quantitative estimate of drug-likeness (QED) is 0.528. The molecule has 0 saturated carbocycles. The van der Waals surface area contributed by atoms with E-state index in [2.05, 4.69) is 49.3 Å². The van der Waals surface area contributed by atoms with Gasteiger partial charge in [-0.3, -0.25) is 4.98 Å². The molecule has 0 saturated heterocycles. The average Bonchev–Trinajstić information content (AvgIpc) is 2.67. The molecule has 0 spiro atoms. The number of hydrogen-bond acceptors (Lipinski definition) is 3. The monoisotopic (exact) mass is 384 g/mol. The van der Waals surface area contributed by atoms with Crippen LogP contribution >= 0.6 is 0 Å². The van der Waals surface area contributed by atoms with Gasteiger partial charge < -0.3 is 10.1 Å². The van der Waals surface area contributed by atoms with Gasteiger partial charge >= 0.3 is 0 Å². The maximum Gasteiger partial charge on any atom is 0.136 e. The van der Waals surface area contributed by atoms with Gasteiger partial charge in [-0.05, 0) is 79.9 Å². The molecule has 2 aliphatic rings. The van der Waals surface area contributed by atoms with Crippen LogP contribution in [0, 0.1) is 5.82 Å². The molecule has 1 N–H and O–H groups in total. The summed E-state index contributed by atoms with van der Waals surface area (Å²) in [7, 11) is 0. The van der Waals surface area contributed by atoms with Crippen LogP contribution in [-0.4, -0.2) is 10.5 Å². The summed E-state index contributed by atoms with van der Waals surface area (Å²) >= 11 is 0. The number of benzene rings is 2. The standard InChI is InChI=1S/C25H21FN2O/c1-15-14-25(2,3)28-20-6-5-18-19-13-17(26)4-7-21(19)29-22(24(18)23(15)20)12-16-8-10-27-11-9-16/h4-14,28H,1-3H3/b22-12-. The van der Waals surface area contributed by atoms with Crippen LogP contribution in [-0.2, 0) is 0 Å². The minimum Gasteiger partial charge on any atom is -0.456 e. The number of hydrogen-bond donors (Lipinski definition) is 1. The van der Waals surface area contributed by atoms with Crippen LogP contribution in [0.25, 0.3) is 28.5 Å². The topological polar surface area (TPSA) is 34.2 Å². The molecular weight excluding hydrogens is 363 g/mol. The van der Waals surface area contributed by atoms with Crippen molar-refractivity contribution in [2.45, 2.75) is 26.3 Å². The second-order valence-electron chi connectivity index (χ2n) is 8.12. The van der Waals surface area contributed by atoms with Crippen molar-refractivity contribution in [3.63, 3.8) is 0 Å². The van der Waals surface area contributed by atoms with Crippen molar-refractivity contribution >= 4 is 23.1 Å². The van der Waals surface area contributed by atoms with Gasteiger partial charge in [-0.15, -0.1) is 0 Å². The Morgan fingerprint density at radius 3 is 2.59 bits per heavy atom. The summed E-state index contributed by atoms with van der Waals surface area (Å²) in [5.41, 5.74) is 6.90. The minimum absolute atomic E-state index is 0.139. The highest BCUT2D eigenvalue weighted by Gasteiger charge is 2.31. The molecule has 0 radical (unpaired) electrons. The zero-order chi connectivity index (χ0) is 20.2. The summed E-state index contributed by atoms with van der Waals surface area (Å²) in [4.78, 5) is 4.10. The molecule has 0 bridgehead atoms. The smallest absolute Gasteiger partial charge is 0.136 e. The number of halogens is 1. The van der Waals surface area contributed by atoms with E-state index in [0.717, 1.165) is 39.3 Å². The van der Waals surface area contributed by atoms with Gasteiger partial charge in [0, 0.05) is 34.8 Å². The molecule has 0 unspecified atom stereocenters. The van der Waals surface area contributed by atoms with E-state index >= 15 is 0 Å². The van der Waals surface area contributed by atoms with Crippen molar-refractivity contribution in [3.8, 4) is 16.9 Å². The SMILES string of the molecule is CC1=CC(C)(C)Nc2ccc3c(c21)/C(=C/c1ccncc1)Oc1ccc(F)cc1-3. The average molecular weight is 384 g/mol. The molecule has 2 aromatic carbocycles. The van der Waals surface area contributed by atoms with Crippen molar-refractivity contribution in [2.24, 2.45) is 0 Å². The highest BCUT2D eigenvalue weighted by molar-refractivity contribution is 6.00. The van der Waals surface area contributed by atoms with Crippen molar-refractivity contribution in [1.82, 2.24) is 4.98 Å². The molecule has 4 heteroatoms. The second kappa shape index (κ2) is 6.31. The highest BCUT2D eigenvalue weighted by atomic mass is 19.1. The Hall–Kier alpha value is -3.40. The van der Waals surface area contributed by atoms with E-state index in [0.29, 0.717) is 5.75 Å². The van der Waals surface area contributed by atoms with Crippen molar-refractivity contribution in [2.75, 3.05) is 5.32 Å². The minimum atomic E-state index is -0.274. The van der Waals surface area contributed by atoms with Crippen LogP contribution in [0.3, 0.4) is 0 Å². The molecule has 0 amide bonds. The van der Waals surface area contributed by atoms with Crippen LogP contribution in [0.4, 0.5) is 10.1 Å². The van der Waals surface area contributed by atoms with E-state index in [9.17, 15) is 4.39 Å². The lowest BCUT2D eigenvalue weighted by molar-refractivity contribution is 0.511. The summed E-state index contributed by atoms with van der Waals surface area (Å²) in [5, 5.41) is 3.59. The first kappa shape index (κ1) is 17.7. The first-order chi connectivity index (χ1) is 13.9. The Morgan fingerprint density at radius 1 is 1.00 bits per heavy atom. The predicted octanol–water partition coefficient (Wildman–Crippen LogP) is 6.39. The second-order valence-corrected chi connectivity index (χ2v) is 8.12. The van der Waals surface area contributed by atoms with E-state index < -0.39 is 0 Å². The van der Waals surface area contributed by atoms with E-state index in [4.69, 9.17) is 4.74 Å². The molecule has 3 aromatic rings. The van der Waals surface area contributed by atoms with Gasteiger partial charge in [0.05, 0.1) is 5.54 Å². The lowest BCUT2D eigenvalue weighted by atomic mass is 9.83. The van der Waals surface area contributed by atoms with Crippen LogP contribution in [0.5, 0.6) is 5.75 Å². The van der Waals surface area contributed by atoms with Crippen LogP contribution in [0.2, 0.25) is 0 Å². The molecule has 29 heavy (non-hydrogen) atoms. The molecule has 144 valence electrons. The van der Waals surface area contributed by atoms with Crippen molar-refractivity contribution in [3.05, 3.63) is 83.4 Å². The van der Waals surface area contributed by atoms with Gasteiger partial charge in [-0.1, -0.05) is 12.1 Å². The van der Waals surface area contributed by atoms with Crippen molar-refractivity contribution in [1.29, 1.82) is 0 Å². The van der Waals surface area contributed by atoms with Gasteiger partial charge in [-0.2, -0.15) is 0 Å². The van der Waals surface area contributed by atoms with Gasteiger partial charge in [0.15, 0.2) is 0 Å². The van der Waals surface area contributed by atoms with Gasteiger partial charge in [0.2, 0.25) is 0 Å². The largest absolute Gasteiger partial charge is 0.456 e. The lowest BCUT2D eigenvalue weighted by Crippen LogP contribution is -2.32. The Labute approximate surface area is 169 Å². The van der Waals surface area contributed by atoms with Gasteiger partial charge in [-0.25, -0.2) is 4.39 Å². The molecule has 0 fully saturated rings. The highest BCUT2D eigenvalue weighted by Crippen LogP contribution is 2.49. The zero-order valence-corrected chi connectivity index (χ0v) is 16.6. The molecule has 5 rings (SSSR count). The first-order valence-electron chi connectivity index (χ1n) is 9.66. The van der Waals surface area contributed by atoms with E-state index in [1.54, 1.807) is 24.5 Å². The van der Waals surface area contributed by atoms with Crippen LogP contribution in [0.15, 0.2) is 60.9 Å². The molecule has 1 aromatic heterocycles. The summed E-state index contributed by atoms with van der Waals surface area (Å²) in [6.07, 6.45) is 7.76. The number of rotatable bonds is 1. The number of allylic oxidation sites excluding steroid dienone is 1. The first-order valence-corrected chi connectivity index (χ1v) is 9.66. The van der Waals surface area contributed by atoms with Crippen LogP contribution in [0.1, 0.15) is 37.5 Å². The molecule has 0 aliphatic carbocycles. The third-order valence-corrected chi connectivity index (χ3v) is 5.34. The molecule has 3 heterocycles. The van der Waals surface area contributed by atoms with Gasteiger partial charge in [0.1, 0.15) is 17.3 Å². The third-order valence-electron chi connectivity index (χ3n) is 5.34. The fourth-order valence-electron chi connectivity index (χ4n) is 4.28. The molecular formula is C25H21FN2O. The number of fused-ring (bicyclic) bond motifs is 5. The number of ether oxygens (including phenoxy) is 1. The van der Waals surface area contributed by atoms with Crippen molar-refractivity contribution < 1.29 is 9.13 Å². The fourth-order valence-corrected chi connectivity index (χ4v) is 4.28. The number of anilines is 1. The number of nitrogens with one attached hydrogen (secondary N) is 1. The Balaban J connectivity index is 1.81. The third kappa shape index (κ3) is 3.01. The number of aromatic nitrogens is 1. The van der Waals surface area contributed by atoms with E-state index in [-0.39, 0.29) is 11.4 Å². The Bertz CT molecular complexity index is 1190. The predicted molar refractivity (Wildman–Crippen MR) is 116 cm³/mol. The maximum atomic E-state index is 14.0. The summed E-state index contributed by atoms with van der Waals surface area (Å²) in [5.74, 6) is 1.13. The maximum absolute atomic E-state index is 14.0. The normalized spacial score (nSPS) is 17.4. The summed E-state index contributed by atoms with van der Waals surface area (Å²) in [6.45, 7) is 6.41. The molecule has 3 nitrogen and oxygen atoms in total. The van der Waals surface area contributed by atoms with E-state index in [1.165, 1.54) is 11.6 Å². The lowest BCUT2D eigenvalue weighted by Gasteiger charge is -2.35. The molecule has 2 aliphatic heterocycles. The van der Waals surface area contributed by atoms with E-state index in [1.807, 2.05) is 18.2 Å². The van der Waals surface area contributed by atoms with Gasteiger partial charge in [0.25, 0.3) is 0 Å². The summed E-state index contributed by atoms with van der Waals surface area (Å²) < 4.78 is 20.4. The Morgan fingerprint density at radius 2 is 1.79 bits per heavy atom. The Kier molecular flexibility index (Phi) is 3.85. The zero-order valence-electron chi connectivity index (χ0n) is 16.6. The van der Waals surface area contributed by atoms with Crippen LogP contribution < -0.4 is 10.1 Å². The molecule has 0 atom stereocenters. The number of pyridine rings is 1. The summed E-state index contributed by atoms with van der Waals surface area (Å²) in [6, 6.07) is 12.7. The number of nitrogens with zero attached hydrogens (tertiary/aromatic N) is 1. The fraction of sp³-hybridized carbons (Fsp3) is 0.160.